The molecule has 0 aliphatic carbocycles. The van der Waals surface area contributed by atoms with Crippen LogP contribution in [0.2, 0.25) is 0 Å². The van der Waals surface area contributed by atoms with Crippen LogP contribution in [0.4, 0.5) is 0 Å². The van der Waals surface area contributed by atoms with E-state index in [-0.39, 0.29) is 18.2 Å². The zero-order chi connectivity index (χ0) is 12.3. The third kappa shape index (κ3) is 2.61. The van der Waals surface area contributed by atoms with E-state index in [1.807, 2.05) is 12.1 Å². The molecule has 0 radical (unpaired) electrons. The molecule has 2 heterocycles. The molecule has 0 spiro atoms. The summed E-state index contributed by atoms with van der Waals surface area (Å²) in [4.78, 5) is 27.0. The van der Waals surface area contributed by atoms with Crippen LogP contribution in [0.25, 0.3) is 0 Å². The lowest BCUT2D eigenvalue weighted by atomic mass is 9.88. The number of amides is 2. The van der Waals surface area contributed by atoms with E-state index in [0.29, 0.717) is 13.1 Å². The van der Waals surface area contributed by atoms with Crippen molar-refractivity contribution in [3.63, 3.8) is 0 Å². The Balaban J connectivity index is 1.92. The van der Waals surface area contributed by atoms with Crippen molar-refractivity contribution in [2.45, 2.75) is 19.9 Å². The molecule has 0 saturated carbocycles. The first-order valence-electron chi connectivity index (χ1n) is 5.54. The minimum Gasteiger partial charge on any atom is -0.355 e. The smallest absolute Gasteiger partial charge is 0.228 e. The molecule has 1 aliphatic heterocycles. The lowest BCUT2D eigenvalue weighted by Crippen LogP contribution is -2.40. The summed E-state index contributed by atoms with van der Waals surface area (Å²) in [5, 5.41) is 5.52. The summed E-state index contributed by atoms with van der Waals surface area (Å²) in [6.07, 6.45) is 3.63. The molecule has 1 saturated heterocycles. The van der Waals surface area contributed by atoms with Gasteiger partial charge < -0.3 is 10.6 Å². The van der Waals surface area contributed by atoms with Crippen LogP contribution in [0.15, 0.2) is 24.5 Å². The van der Waals surface area contributed by atoms with Gasteiger partial charge in [0, 0.05) is 31.9 Å². The predicted octanol–water partition coefficient (Wildman–Crippen LogP) is 0.224. The van der Waals surface area contributed by atoms with Crippen LogP contribution < -0.4 is 10.6 Å². The fraction of sp³-hybridized carbons (Fsp3) is 0.417. The van der Waals surface area contributed by atoms with Gasteiger partial charge in [0.1, 0.15) is 0 Å². The van der Waals surface area contributed by atoms with Gasteiger partial charge in [-0.05, 0) is 24.6 Å². The molecule has 1 unspecified atom stereocenters. The maximum absolute atomic E-state index is 12.0. The normalized spacial score (nSPS) is 23.2. The van der Waals surface area contributed by atoms with Gasteiger partial charge in [-0.2, -0.15) is 0 Å². The van der Waals surface area contributed by atoms with Crippen LogP contribution in [-0.4, -0.2) is 23.3 Å². The molecule has 17 heavy (non-hydrogen) atoms. The molecule has 5 nitrogen and oxygen atoms in total. The van der Waals surface area contributed by atoms with Gasteiger partial charge in [0.25, 0.3) is 0 Å². The van der Waals surface area contributed by atoms with Crippen molar-refractivity contribution in [3.05, 3.63) is 30.1 Å². The molecule has 1 aromatic rings. The third-order valence-corrected chi connectivity index (χ3v) is 2.98. The summed E-state index contributed by atoms with van der Waals surface area (Å²) in [6.45, 7) is 2.67. The van der Waals surface area contributed by atoms with Crippen LogP contribution in [-0.2, 0) is 16.1 Å². The van der Waals surface area contributed by atoms with Gasteiger partial charge in [0.2, 0.25) is 11.8 Å². The number of nitrogens with zero attached hydrogens (tertiary/aromatic N) is 1. The molecular weight excluding hydrogens is 218 g/mol. The summed E-state index contributed by atoms with van der Waals surface area (Å²) in [5.41, 5.74) is 0.374. The molecule has 2 N–H and O–H groups in total. The van der Waals surface area contributed by atoms with E-state index >= 15 is 0 Å². The molecule has 90 valence electrons. The van der Waals surface area contributed by atoms with Gasteiger partial charge in [-0.25, -0.2) is 0 Å². The van der Waals surface area contributed by atoms with Crippen LogP contribution >= 0.6 is 0 Å². The van der Waals surface area contributed by atoms with Crippen LogP contribution in [0, 0.1) is 5.41 Å². The monoisotopic (exact) mass is 233 g/mol. The summed E-state index contributed by atoms with van der Waals surface area (Å²) in [7, 11) is 0. The number of nitrogens with one attached hydrogen (secondary N) is 2. The number of pyridine rings is 1. The van der Waals surface area contributed by atoms with Crippen molar-refractivity contribution in [1.82, 2.24) is 15.6 Å². The molecule has 1 aromatic heterocycles. The number of hydrogen-bond donors (Lipinski definition) is 2. The first kappa shape index (κ1) is 11.6. The molecule has 0 aromatic carbocycles. The fourth-order valence-electron chi connectivity index (χ4n) is 1.83. The van der Waals surface area contributed by atoms with Gasteiger partial charge in [0.05, 0.1) is 5.41 Å². The summed E-state index contributed by atoms with van der Waals surface area (Å²) >= 11 is 0. The molecule has 1 atom stereocenters. The standard InChI is InChI=1S/C12H15N3O2/c1-12(6-10(16)15-8-12)11(17)14-7-9-2-4-13-5-3-9/h2-5H,6-8H2,1H3,(H,14,17)(H,15,16). The van der Waals surface area contributed by atoms with Crippen molar-refractivity contribution in [2.75, 3.05) is 6.54 Å². The average molecular weight is 233 g/mol. The van der Waals surface area contributed by atoms with Crippen LogP contribution in [0.1, 0.15) is 18.9 Å². The zero-order valence-corrected chi connectivity index (χ0v) is 9.69. The van der Waals surface area contributed by atoms with E-state index in [4.69, 9.17) is 0 Å². The fourth-order valence-corrected chi connectivity index (χ4v) is 1.83. The SMILES string of the molecule is CC1(C(=O)NCc2ccncc2)CNC(=O)C1. The van der Waals surface area contributed by atoms with Crippen LogP contribution in [0.3, 0.4) is 0 Å². The Bertz CT molecular complexity index is 433. The van der Waals surface area contributed by atoms with E-state index in [0.717, 1.165) is 5.56 Å². The highest BCUT2D eigenvalue weighted by Crippen LogP contribution is 2.25. The minimum atomic E-state index is -0.621. The Labute approximate surface area is 99.6 Å². The average Bonchev–Trinajstić information content (AvgIpc) is 2.69. The summed E-state index contributed by atoms with van der Waals surface area (Å²) in [6, 6.07) is 3.70. The Hall–Kier alpha value is -1.91. The van der Waals surface area contributed by atoms with Crippen molar-refractivity contribution in [2.24, 2.45) is 5.41 Å². The number of aromatic nitrogens is 1. The lowest BCUT2D eigenvalue weighted by Gasteiger charge is -2.20. The summed E-state index contributed by atoms with van der Waals surface area (Å²) in [5.74, 6) is -0.153. The zero-order valence-electron chi connectivity index (χ0n) is 9.69. The number of hydrogen-bond acceptors (Lipinski definition) is 3. The number of carbonyl (C=O) groups is 2. The first-order chi connectivity index (χ1) is 8.10. The van der Waals surface area contributed by atoms with Crippen molar-refractivity contribution in [3.8, 4) is 0 Å². The van der Waals surface area contributed by atoms with Gasteiger partial charge >= 0.3 is 0 Å². The number of carbonyl (C=O) groups excluding carboxylic acids is 2. The molecule has 2 amide bonds. The highest BCUT2D eigenvalue weighted by atomic mass is 16.2. The lowest BCUT2D eigenvalue weighted by molar-refractivity contribution is -0.131. The second-order valence-electron chi connectivity index (χ2n) is 4.55. The maximum Gasteiger partial charge on any atom is 0.228 e. The van der Waals surface area contributed by atoms with E-state index in [9.17, 15) is 9.59 Å². The maximum atomic E-state index is 12.0. The predicted molar refractivity (Wildman–Crippen MR) is 61.8 cm³/mol. The van der Waals surface area contributed by atoms with Crippen LogP contribution in [0.5, 0.6) is 0 Å². The highest BCUT2D eigenvalue weighted by molar-refractivity contribution is 5.92. The van der Waals surface area contributed by atoms with E-state index in [1.54, 1.807) is 19.3 Å². The van der Waals surface area contributed by atoms with Gasteiger partial charge in [-0.3, -0.25) is 14.6 Å². The first-order valence-corrected chi connectivity index (χ1v) is 5.54. The van der Waals surface area contributed by atoms with Gasteiger partial charge in [0.15, 0.2) is 0 Å². The van der Waals surface area contributed by atoms with Crippen molar-refractivity contribution in [1.29, 1.82) is 0 Å². The Kier molecular flexibility index (Phi) is 3.08. The molecule has 0 bridgehead atoms. The van der Waals surface area contributed by atoms with Gasteiger partial charge in [-0.15, -0.1) is 0 Å². The Morgan fingerprint density at radius 3 is 2.82 bits per heavy atom. The van der Waals surface area contributed by atoms with E-state index in [1.165, 1.54) is 0 Å². The third-order valence-electron chi connectivity index (χ3n) is 2.98. The van der Waals surface area contributed by atoms with Gasteiger partial charge in [-0.1, -0.05) is 0 Å². The molecule has 2 rings (SSSR count). The van der Waals surface area contributed by atoms with Crippen molar-refractivity contribution < 1.29 is 9.59 Å². The van der Waals surface area contributed by atoms with E-state index in [2.05, 4.69) is 15.6 Å². The molecular formula is C12H15N3O2. The quantitative estimate of drug-likeness (QED) is 0.784. The second-order valence-corrected chi connectivity index (χ2v) is 4.55. The minimum absolute atomic E-state index is 0.0634. The highest BCUT2D eigenvalue weighted by Gasteiger charge is 2.40. The molecule has 5 heteroatoms. The largest absolute Gasteiger partial charge is 0.355 e. The molecule has 1 aliphatic rings. The number of rotatable bonds is 3. The van der Waals surface area contributed by atoms with E-state index < -0.39 is 5.41 Å². The Morgan fingerprint density at radius 2 is 2.24 bits per heavy atom. The van der Waals surface area contributed by atoms with Crippen molar-refractivity contribution >= 4 is 11.8 Å². The molecule has 1 fully saturated rings. The second kappa shape index (κ2) is 4.53. The Morgan fingerprint density at radius 1 is 1.53 bits per heavy atom. The topological polar surface area (TPSA) is 71.1 Å². The summed E-state index contributed by atoms with van der Waals surface area (Å²) < 4.78 is 0.